The van der Waals surface area contributed by atoms with Gasteiger partial charge in [-0.2, -0.15) is 0 Å². The van der Waals surface area contributed by atoms with Crippen LogP contribution < -0.4 is 0 Å². The van der Waals surface area contributed by atoms with Gasteiger partial charge in [-0.25, -0.2) is 0 Å². The Morgan fingerprint density at radius 2 is 1.89 bits per heavy atom. The van der Waals surface area contributed by atoms with Crippen LogP contribution in [0.15, 0.2) is 22.6 Å². The lowest BCUT2D eigenvalue weighted by molar-refractivity contribution is 0.0468. The Morgan fingerprint density at radius 3 is 2.50 bits per heavy atom. The van der Waals surface area contributed by atoms with Crippen molar-refractivity contribution in [2.45, 2.75) is 76.6 Å². The minimum atomic E-state index is -1.26. The molecule has 2 fully saturated rings. The molecule has 1 atom stereocenters. The van der Waals surface area contributed by atoms with Gasteiger partial charge in [-0.1, -0.05) is 22.3 Å². The Hall–Kier alpha value is -1.28. The summed E-state index contributed by atoms with van der Waals surface area (Å²) >= 11 is -1.26. The first-order valence-corrected chi connectivity index (χ1v) is 11.6. The molecule has 1 aromatic carbocycles. The molecule has 0 amide bonds. The van der Waals surface area contributed by atoms with Gasteiger partial charge in [0.15, 0.2) is 0 Å². The Labute approximate surface area is 172 Å². The molecular formula is C24H31NO2S. The maximum absolute atomic E-state index is 13.0. The van der Waals surface area contributed by atoms with Crippen molar-refractivity contribution in [3.63, 3.8) is 0 Å². The molecule has 4 heteroatoms. The number of hydrogen-bond donors (Lipinski definition) is 0. The SMILES string of the molecule is CO[C@H]1CC[C@@]2(CC1)Cc1ccc(C#CC3CC3)cc1C2=N[S+]([O-])C(C)(C)C. The van der Waals surface area contributed by atoms with Gasteiger partial charge in [0.1, 0.15) is 21.8 Å². The lowest BCUT2D eigenvalue weighted by Crippen LogP contribution is -2.37. The van der Waals surface area contributed by atoms with E-state index in [1.807, 2.05) is 20.8 Å². The summed E-state index contributed by atoms with van der Waals surface area (Å²) in [4.78, 5) is 0. The first-order chi connectivity index (χ1) is 13.3. The van der Waals surface area contributed by atoms with E-state index in [1.165, 1.54) is 24.0 Å². The van der Waals surface area contributed by atoms with Crippen LogP contribution in [0.25, 0.3) is 0 Å². The van der Waals surface area contributed by atoms with Gasteiger partial charge in [-0.3, -0.25) is 0 Å². The molecule has 0 N–H and O–H groups in total. The summed E-state index contributed by atoms with van der Waals surface area (Å²) in [5.74, 6) is 7.30. The van der Waals surface area contributed by atoms with E-state index >= 15 is 0 Å². The van der Waals surface area contributed by atoms with E-state index in [1.54, 1.807) is 7.11 Å². The molecule has 150 valence electrons. The second-order valence-electron chi connectivity index (χ2n) is 9.61. The third-order valence-corrected chi connectivity index (χ3v) is 7.71. The highest BCUT2D eigenvalue weighted by Gasteiger charge is 2.47. The maximum Gasteiger partial charge on any atom is 0.144 e. The number of rotatable bonds is 2. The van der Waals surface area contributed by atoms with E-state index in [0.29, 0.717) is 12.0 Å². The van der Waals surface area contributed by atoms with Crippen molar-refractivity contribution in [3.05, 3.63) is 34.9 Å². The molecule has 2 saturated carbocycles. The highest BCUT2D eigenvalue weighted by Crippen LogP contribution is 2.49. The van der Waals surface area contributed by atoms with Crippen LogP contribution in [0.2, 0.25) is 0 Å². The van der Waals surface area contributed by atoms with Crippen LogP contribution in [0.3, 0.4) is 0 Å². The van der Waals surface area contributed by atoms with Crippen LogP contribution in [-0.2, 0) is 22.5 Å². The Bertz CT molecular complexity index is 830. The second kappa shape index (κ2) is 7.52. The maximum atomic E-state index is 13.0. The quantitative estimate of drug-likeness (QED) is 0.530. The minimum absolute atomic E-state index is 0.000811. The molecule has 1 unspecified atom stereocenters. The lowest BCUT2D eigenvalue weighted by atomic mass is 9.70. The summed E-state index contributed by atoms with van der Waals surface area (Å²) < 4.78 is 23.1. The fourth-order valence-electron chi connectivity index (χ4n) is 4.33. The van der Waals surface area contributed by atoms with Crippen molar-refractivity contribution in [2.24, 2.45) is 15.7 Å². The number of ether oxygens (including phenoxy) is 1. The van der Waals surface area contributed by atoms with Gasteiger partial charge in [-0.05, 0) is 83.4 Å². The van der Waals surface area contributed by atoms with Crippen molar-refractivity contribution < 1.29 is 9.29 Å². The largest absolute Gasteiger partial charge is 0.591 e. The predicted molar refractivity (Wildman–Crippen MR) is 116 cm³/mol. The summed E-state index contributed by atoms with van der Waals surface area (Å²) in [6.45, 7) is 5.99. The van der Waals surface area contributed by atoms with Gasteiger partial charge < -0.3 is 9.29 Å². The standard InChI is InChI=1S/C24H31NO2S/c1-23(2,3)28(26)25-22-21-15-18(8-7-17-5-6-17)9-10-19(21)16-24(22)13-11-20(27-4)12-14-24/h9-10,15,17,20H,5-6,11-14,16H2,1-4H3/t20-,24+,28?. The van der Waals surface area contributed by atoms with Crippen molar-refractivity contribution in [2.75, 3.05) is 7.11 Å². The number of methoxy groups -OCH3 is 1. The van der Waals surface area contributed by atoms with Crippen LogP contribution in [0.4, 0.5) is 0 Å². The first kappa shape index (κ1) is 20.0. The number of fused-ring (bicyclic) bond motifs is 1. The van der Waals surface area contributed by atoms with Crippen molar-refractivity contribution in [1.29, 1.82) is 0 Å². The third kappa shape index (κ3) is 4.03. The van der Waals surface area contributed by atoms with Gasteiger partial charge in [0.2, 0.25) is 0 Å². The normalized spacial score (nSPS) is 29.5. The van der Waals surface area contributed by atoms with Crippen LogP contribution in [0, 0.1) is 23.2 Å². The average Bonchev–Trinajstić information content (AvgIpc) is 3.45. The highest BCUT2D eigenvalue weighted by atomic mass is 32.2. The highest BCUT2D eigenvalue weighted by molar-refractivity contribution is 7.91. The van der Waals surface area contributed by atoms with E-state index in [-0.39, 0.29) is 10.2 Å². The molecule has 1 spiro atoms. The van der Waals surface area contributed by atoms with E-state index in [4.69, 9.17) is 9.13 Å². The molecule has 0 saturated heterocycles. The van der Waals surface area contributed by atoms with Crippen LogP contribution in [-0.4, -0.2) is 28.2 Å². The van der Waals surface area contributed by atoms with E-state index in [9.17, 15) is 4.55 Å². The molecule has 3 nitrogen and oxygen atoms in total. The van der Waals surface area contributed by atoms with E-state index in [0.717, 1.165) is 43.4 Å². The van der Waals surface area contributed by atoms with Gasteiger partial charge in [0.05, 0.1) is 6.10 Å². The smallest absolute Gasteiger partial charge is 0.144 e. The molecule has 0 aliphatic heterocycles. The monoisotopic (exact) mass is 397 g/mol. The second-order valence-corrected chi connectivity index (χ2v) is 11.5. The fraction of sp³-hybridized carbons (Fsp3) is 0.625. The van der Waals surface area contributed by atoms with Crippen molar-refractivity contribution in [3.8, 4) is 11.8 Å². The molecule has 1 aromatic rings. The minimum Gasteiger partial charge on any atom is -0.591 e. The summed E-state index contributed by atoms with van der Waals surface area (Å²) in [6.07, 6.45) is 7.98. The van der Waals surface area contributed by atoms with Crippen LogP contribution in [0.1, 0.15) is 76.0 Å². The van der Waals surface area contributed by atoms with E-state index in [2.05, 4.69) is 30.0 Å². The van der Waals surface area contributed by atoms with Crippen molar-refractivity contribution >= 4 is 17.1 Å². The molecule has 3 aliphatic carbocycles. The number of nitrogens with zero attached hydrogens (tertiary/aromatic N) is 1. The predicted octanol–water partition coefficient (Wildman–Crippen LogP) is 4.83. The fourth-order valence-corrected chi connectivity index (χ4v) is 5.07. The van der Waals surface area contributed by atoms with Crippen LogP contribution >= 0.6 is 0 Å². The lowest BCUT2D eigenvalue weighted by Gasteiger charge is -2.37. The van der Waals surface area contributed by atoms with Gasteiger partial charge in [0, 0.05) is 29.6 Å². The van der Waals surface area contributed by atoms with Crippen LogP contribution in [0.5, 0.6) is 0 Å². The molecule has 28 heavy (non-hydrogen) atoms. The Morgan fingerprint density at radius 1 is 1.18 bits per heavy atom. The van der Waals surface area contributed by atoms with Gasteiger partial charge in [0.25, 0.3) is 0 Å². The molecule has 0 heterocycles. The Balaban J connectivity index is 1.72. The van der Waals surface area contributed by atoms with E-state index < -0.39 is 11.4 Å². The summed E-state index contributed by atoms with van der Waals surface area (Å²) in [5, 5.41) is 0. The zero-order valence-corrected chi connectivity index (χ0v) is 18.3. The summed E-state index contributed by atoms with van der Waals surface area (Å²) in [6, 6.07) is 6.56. The number of benzene rings is 1. The summed E-state index contributed by atoms with van der Waals surface area (Å²) in [7, 11) is 1.81. The zero-order chi connectivity index (χ0) is 19.9. The topological polar surface area (TPSA) is 44.6 Å². The molecule has 0 aromatic heterocycles. The molecular weight excluding hydrogens is 366 g/mol. The molecule has 3 aliphatic rings. The van der Waals surface area contributed by atoms with Crippen molar-refractivity contribution in [1.82, 2.24) is 0 Å². The molecule has 0 bridgehead atoms. The Kier molecular flexibility index (Phi) is 5.37. The summed E-state index contributed by atoms with van der Waals surface area (Å²) in [5.41, 5.74) is 4.62. The van der Waals surface area contributed by atoms with Gasteiger partial charge >= 0.3 is 0 Å². The first-order valence-electron chi connectivity index (χ1n) is 10.5. The zero-order valence-electron chi connectivity index (χ0n) is 17.5. The third-order valence-electron chi connectivity index (χ3n) is 6.32. The van der Waals surface area contributed by atoms with Gasteiger partial charge in [-0.15, -0.1) is 0 Å². The average molecular weight is 398 g/mol. The molecule has 0 radical (unpaired) electrons. The number of hydrogen-bond acceptors (Lipinski definition) is 3. The molecule has 4 rings (SSSR count).